The Kier molecular flexibility index (Phi) is 3.68. The zero-order valence-electron chi connectivity index (χ0n) is 9.16. The Bertz CT molecular complexity index is 277. The van der Waals surface area contributed by atoms with Gasteiger partial charge in [0.25, 0.3) is 0 Å². The van der Waals surface area contributed by atoms with Crippen LogP contribution in [0.5, 0.6) is 5.88 Å². The van der Waals surface area contributed by atoms with Gasteiger partial charge >= 0.3 is 0 Å². The second kappa shape index (κ2) is 4.79. The molecule has 0 saturated heterocycles. The van der Waals surface area contributed by atoms with Gasteiger partial charge in [0, 0.05) is 19.5 Å². The highest BCUT2D eigenvalue weighted by atomic mass is 16.5. The van der Waals surface area contributed by atoms with Crippen LogP contribution in [0.15, 0.2) is 6.07 Å². The molecule has 1 aromatic heterocycles. The van der Waals surface area contributed by atoms with Gasteiger partial charge in [0.05, 0.1) is 7.11 Å². The first-order valence-electron chi connectivity index (χ1n) is 4.75. The van der Waals surface area contributed by atoms with Crippen molar-refractivity contribution < 1.29 is 4.74 Å². The molecular weight excluding hydrogens is 178 g/mol. The zero-order valence-corrected chi connectivity index (χ0v) is 9.16. The highest BCUT2D eigenvalue weighted by molar-refractivity contribution is 5.37. The van der Waals surface area contributed by atoms with E-state index in [9.17, 15) is 0 Å². The monoisotopic (exact) mass is 195 g/mol. The van der Waals surface area contributed by atoms with Gasteiger partial charge in [0.15, 0.2) is 0 Å². The molecule has 0 aliphatic heterocycles. The van der Waals surface area contributed by atoms with E-state index in [-0.39, 0.29) is 0 Å². The minimum Gasteiger partial charge on any atom is -0.481 e. The summed E-state index contributed by atoms with van der Waals surface area (Å²) in [5, 5.41) is 2.98. The maximum Gasteiger partial charge on any atom is 0.218 e. The highest BCUT2D eigenvalue weighted by Crippen LogP contribution is 2.14. The molecule has 0 spiro atoms. The van der Waals surface area contributed by atoms with Gasteiger partial charge in [-0.2, -0.15) is 4.98 Å². The van der Waals surface area contributed by atoms with E-state index in [4.69, 9.17) is 4.74 Å². The maximum atomic E-state index is 5.09. The van der Waals surface area contributed by atoms with E-state index < -0.39 is 0 Å². The lowest BCUT2D eigenvalue weighted by Gasteiger charge is -2.08. The minimum absolute atomic E-state index is 0.548. The Labute approximate surface area is 84.7 Å². The summed E-state index contributed by atoms with van der Waals surface area (Å²) >= 11 is 0. The van der Waals surface area contributed by atoms with Crippen LogP contribution < -0.4 is 10.1 Å². The van der Waals surface area contributed by atoms with Crippen LogP contribution in [0.4, 0.5) is 5.82 Å². The molecular formula is C10H17N3O. The van der Waals surface area contributed by atoms with Crippen molar-refractivity contribution in [1.29, 1.82) is 0 Å². The van der Waals surface area contributed by atoms with Crippen molar-refractivity contribution >= 4 is 5.82 Å². The molecule has 4 nitrogen and oxygen atoms in total. The third-order valence-electron chi connectivity index (χ3n) is 1.81. The van der Waals surface area contributed by atoms with Crippen molar-refractivity contribution in [3.05, 3.63) is 11.9 Å². The van der Waals surface area contributed by atoms with Crippen LogP contribution in [0, 0.1) is 5.92 Å². The molecule has 0 aliphatic carbocycles. The van der Waals surface area contributed by atoms with Crippen molar-refractivity contribution in [1.82, 2.24) is 9.97 Å². The van der Waals surface area contributed by atoms with E-state index in [1.54, 1.807) is 13.2 Å². The Morgan fingerprint density at radius 1 is 1.43 bits per heavy atom. The lowest BCUT2D eigenvalue weighted by atomic mass is 10.1. The summed E-state index contributed by atoms with van der Waals surface area (Å²) in [6, 6.07) is 1.78. The molecule has 0 aromatic carbocycles. The maximum absolute atomic E-state index is 5.09. The molecule has 14 heavy (non-hydrogen) atoms. The summed E-state index contributed by atoms with van der Waals surface area (Å²) in [4.78, 5) is 8.60. The fourth-order valence-electron chi connectivity index (χ4n) is 1.16. The number of aromatic nitrogens is 2. The summed E-state index contributed by atoms with van der Waals surface area (Å²) in [5.41, 5.74) is 0. The minimum atomic E-state index is 0.548. The first-order chi connectivity index (χ1) is 6.65. The molecule has 0 aliphatic rings. The van der Waals surface area contributed by atoms with Crippen molar-refractivity contribution in [3.63, 3.8) is 0 Å². The van der Waals surface area contributed by atoms with Gasteiger partial charge in [-0.1, -0.05) is 13.8 Å². The number of hydrogen-bond acceptors (Lipinski definition) is 4. The first-order valence-corrected chi connectivity index (χ1v) is 4.75. The number of hydrogen-bond donors (Lipinski definition) is 1. The van der Waals surface area contributed by atoms with Crippen LogP contribution in [0.2, 0.25) is 0 Å². The smallest absolute Gasteiger partial charge is 0.218 e. The summed E-state index contributed by atoms with van der Waals surface area (Å²) in [5.74, 6) is 2.78. The van der Waals surface area contributed by atoms with E-state index >= 15 is 0 Å². The van der Waals surface area contributed by atoms with Crippen LogP contribution in [0.25, 0.3) is 0 Å². The third kappa shape index (κ3) is 2.87. The summed E-state index contributed by atoms with van der Waals surface area (Å²) in [7, 11) is 3.45. The van der Waals surface area contributed by atoms with Gasteiger partial charge in [0.2, 0.25) is 5.88 Å². The molecule has 0 amide bonds. The molecule has 1 N–H and O–H groups in total. The van der Waals surface area contributed by atoms with Crippen LogP contribution >= 0.6 is 0 Å². The molecule has 0 radical (unpaired) electrons. The SMILES string of the molecule is CNc1cc(OC)nc(CC(C)C)n1. The molecule has 0 atom stereocenters. The predicted molar refractivity (Wildman–Crippen MR) is 56.7 cm³/mol. The lowest BCUT2D eigenvalue weighted by Crippen LogP contribution is -2.05. The van der Waals surface area contributed by atoms with Crippen LogP contribution in [0.1, 0.15) is 19.7 Å². The van der Waals surface area contributed by atoms with Crippen molar-refractivity contribution in [2.75, 3.05) is 19.5 Å². The topological polar surface area (TPSA) is 47.0 Å². The average molecular weight is 195 g/mol. The van der Waals surface area contributed by atoms with Crippen LogP contribution in [-0.2, 0) is 6.42 Å². The molecule has 0 unspecified atom stereocenters. The Balaban J connectivity index is 2.92. The number of nitrogens with one attached hydrogen (secondary N) is 1. The van der Waals surface area contributed by atoms with Gasteiger partial charge in [-0.25, -0.2) is 4.98 Å². The molecule has 4 heteroatoms. The van der Waals surface area contributed by atoms with Gasteiger partial charge in [-0.3, -0.25) is 0 Å². The average Bonchev–Trinajstić information content (AvgIpc) is 2.16. The second-order valence-corrected chi connectivity index (χ2v) is 3.56. The lowest BCUT2D eigenvalue weighted by molar-refractivity contribution is 0.394. The van der Waals surface area contributed by atoms with E-state index in [0.717, 1.165) is 18.1 Å². The van der Waals surface area contributed by atoms with Crippen LogP contribution in [0.3, 0.4) is 0 Å². The van der Waals surface area contributed by atoms with Crippen molar-refractivity contribution in [2.24, 2.45) is 5.92 Å². The molecule has 0 fully saturated rings. The van der Waals surface area contributed by atoms with E-state index in [1.807, 2.05) is 7.05 Å². The van der Waals surface area contributed by atoms with E-state index in [2.05, 4.69) is 29.1 Å². The van der Waals surface area contributed by atoms with Gasteiger partial charge < -0.3 is 10.1 Å². The third-order valence-corrected chi connectivity index (χ3v) is 1.81. The second-order valence-electron chi connectivity index (χ2n) is 3.56. The van der Waals surface area contributed by atoms with Gasteiger partial charge in [-0.05, 0) is 5.92 Å². The van der Waals surface area contributed by atoms with Gasteiger partial charge in [0.1, 0.15) is 11.6 Å². The molecule has 0 bridgehead atoms. The molecule has 1 aromatic rings. The van der Waals surface area contributed by atoms with E-state index in [1.165, 1.54) is 0 Å². The fourth-order valence-corrected chi connectivity index (χ4v) is 1.16. The van der Waals surface area contributed by atoms with Crippen LogP contribution in [-0.4, -0.2) is 24.1 Å². The van der Waals surface area contributed by atoms with Crippen molar-refractivity contribution in [3.8, 4) is 5.88 Å². The summed E-state index contributed by atoms with van der Waals surface area (Å²) < 4.78 is 5.09. The van der Waals surface area contributed by atoms with Gasteiger partial charge in [-0.15, -0.1) is 0 Å². The Morgan fingerprint density at radius 2 is 2.14 bits per heavy atom. The number of ether oxygens (including phenoxy) is 1. The standard InChI is InChI=1S/C10H17N3O/c1-7(2)5-9-12-8(11-3)6-10(13-9)14-4/h6-7H,5H2,1-4H3,(H,11,12,13). The molecule has 1 rings (SSSR count). The zero-order chi connectivity index (χ0) is 10.6. The summed E-state index contributed by atoms with van der Waals surface area (Å²) in [6.45, 7) is 4.28. The first kappa shape index (κ1) is 10.8. The predicted octanol–water partition coefficient (Wildman–Crippen LogP) is 1.73. The quantitative estimate of drug-likeness (QED) is 0.794. The Hall–Kier alpha value is -1.32. The number of methoxy groups -OCH3 is 1. The number of anilines is 1. The number of rotatable bonds is 4. The molecule has 1 heterocycles. The number of nitrogens with zero attached hydrogens (tertiary/aromatic N) is 2. The summed E-state index contributed by atoms with van der Waals surface area (Å²) in [6.07, 6.45) is 0.867. The van der Waals surface area contributed by atoms with Crippen molar-refractivity contribution in [2.45, 2.75) is 20.3 Å². The Morgan fingerprint density at radius 3 is 2.64 bits per heavy atom. The highest BCUT2D eigenvalue weighted by Gasteiger charge is 2.05. The largest absolute Gasteiger partial charge is 0.481 e. The molecule has 78 valence electrons. The van der Waals surface area contributed by atoms with E-state index in [0.29, 0.717) is 11.8 Å². The normalized spacial score (nSPS) is 10.4. The fraction of sp³-hybridized carbons (Fsp3) is 0.600. The molecule has 0 saturated carbocycles.